The number of rotatable bonds is 5. The number of hydrogen-bond acceptors (Lipinski definition) is 4. The molecule has 0 aliphatic carbocycles. The van der Waals surface area contributed by atoms with Crippen molar-refractivity contribution in [3.8, 4) is 11.8 Å². The Hall–Kier alpha value is -1.57. The van der Waals surface area contributed by atoms with Crippen molar-refractivity contribution in [3.63, 3.8) is 0 Å². The third-order valence-electron chi connectivity index (χ3n) is 3.36. The minimum Gasteiger partial charge on any atom is -0.494 e. The highest BCUT2D eigenvalue weighted by molar-refractivity contribution is 5.36. The monoisotopic (exact) mass is 274 g/mol. The molecular weight excluding hydrogens is 252 g/mol. The highest BCUT2D eigenvalue weighted by Gasteiger charge is 2.26. The normalized spacial score (nSPS) is 18.4. The van der Waals surface area contributed by atoms with Gasteiger partial charge in [0.2, 0.25) is 0 Å². The average Bonchev–Trinajstić information content (AvgIpc) is 2.43. The number of benzene rings is 1. The summed E-state index contributed by atoms with van der Waals surface area (Å²) in [6.07, 6.45) is 0.979. The Morgan fingerprint density at radius 3 is 3.05 bits per heavy atom. The van der Waals surface area contributed by atoms with Crippen molar-refractivity contribution < 1.29 is 9.47 Å². The predicted molar refractivity (Wildman–Crippen MR) is 77.7 cm³/mol. The maximum atomic E-state index is 8.83. The molecule has 20 heavy (non-hydrogen) atoms. The lowest BCUT2D eigenvalue weighted by atomic mass is 10.1. The van der Waals surface area contributed by atoms with E-state index in [1.165, 1.54) is 0 Å². The Morgan fingerprint density at radius 2 is 2.30 bits per heavy atom. The van der Waals surface area contributed by atoms with Crippen LogP contribution in [-0.4, -0.2) is 43.3 Å². The Morgan fingerprint density at radius 1 is 1.45 bits per heavy atom. The fourth-order valence-corrected chi connectivity index (χ4v) is 2.44. The molecule has 1 saturated heterocycles. The molecule has 0 spiro atoms. The van der Waals surface area contributed by atoms with E-state index in [1.807, 2.05) is 12.1 Å². The van der Waals surface area contributed by atoms with Crippen LogP contribution in [0.25, 0.3) is 0 Å². The maximum absolute atomic E-state index is 8.83. The Kier molecular flexibility index (Phi) is 4.99. The second-order valence-corrected chi connectivity index (χ2v) is 5.73. The molecule has 0 N–H and O–H groups in total. The van der Waals surface area contributed by atoms with E-state index in [0.29, 0.717) is 12.2 Å². The Labute approximate surface area is 120 Å². The molecule has 1 aliphatic rings. The zero-order valence-corrected chi connectivity index (χ0v) is 12.3. The average molecular weight is 274 g/mol. The van der Waals surface area contributed by atoms with Gasteiger partial charge >= 0.3 is 0 Å². The molecule has 1 aliphatic heterocycles. The van der Waals surface area contributed by atoms with E-state index in [2.05, 4.69) is 24.8 Å². The Bertz CT molecular complexity index is 480. The number of nitrogens with zero attached hydrogens (tertiary/aromatic N) is 2. The van der Waals surface area contributed by atoms with Crippen LogP contribution in [0.4, 0.5) is 0 Å². The van der Waals surface area contributed by atoms with Gasteiger partial charge in [-0.25, -0.2) is 0 Å². The van der Waals surface area contributed by atoms with E-state index in [9.17, 15) is 0 Å². The van der Waals surface area contributed by atoms with Crippen LogP contribution in [0.1, 0.15) is 25.8 Å². The van der Waals surface area contributed by atoms with E-state index < -0.39 is 0 Å². The highest BCUT2D eigenvalue weighted by Crippen LogP contribution is 2.17. The van der Waals surface area contributed by atoms with Crippen molar-refractivity contribution in [1.82, 2.24) is 4.90 Å². The van der Waals surface area contributed by atoms with Gasteiger partial charge in [-0.05, 0) is 38.5 Å². The molecule has 108 valence electrons. The van der Waals surface area contributed by atoms with Gasteiger partial charge in [0.1, 0.15) is 5.75 Å². The summed E-state index contributed by atoms with van der Waals surface area (Å²) in [5, 5.41) is 8.83. The molecule has 2 rings (SSSR count). The van der Waals surface area contributed by atoms with Gasteiger partial charge in [0.25, 0.3) is 0 Å². The first-order chi connectivity index (χ1) is 9.59. The van der Waals surface area contributed by atoms with Crippen molar-refractivity contribution in [2.24, 2.45) is 0 Å². The van der Waals surface area contributed by atoms with Crippen LogP contribution < -0.4 is 4.74 Å². The van der Waals surface area contributed by atoms with Crippen LogP contribution in [0, 0.1) is 11.3 Å². The predicted octanol–water partition coefficient (Wildman–Crippen LogP) is 2.44. The first-order valence-electron chi connectivity index (χ1n) is 7.08. The van der Waals surface area contributed by atoms with E-state index >= 15 is 0 Å². The molecule has 1 heterocycles. The van der Waals surface area contributed by atoms with Gasteiger partial charge in [-0.1, -0.05) is 6.07 Å². The molecular formula is C16H22N2O2. The third-order valence-corrected chi connectivity index (χ3v) is 3.36. The first kappa shape index (κ1) is 14.8. The van der Waals surface area contributed by atoms with Crippen LogP contribution in [0.5, 0.6) is 5.75 Å². The minimum atomic E-state index is -0.0414. The summed E-state index contributed by atoms with van der Waals surface area (Å²) in [7, 11) is 0. The van der Waals surface area contributed by atoms with Gasteiger partial charge in [0.15, 0.2) is 0 Å². The summed E-state index contributed by atoms with van der Waals surface area (Å²) in [4.78, 5) is 2.42. The summed E-state index contributed by atoms with van der Waals surface area (Å²) in [6, 6.07) is 9.41. The summed E-state index contributed by atoms with van der Waals surface area (Å²) < 4.78 is 11.4. The second-order valence-electron chi connectivity index (χ2n) is 5.73. The summed E-state index contributed by atoms with van der Waals surface area (Å²) in [5.41, 5.74) is 0.595. The fourth-order valence-electron chi connectivity index (χ4n) is 2.44. The van der Waals surface area contributed by atoms with Gasteiger partial charge in [0, 0.05) is 19.6 Å². The van der Waals surface area contributed by atoms with Gasteiger partial charge < -0.3 is 9.47 Å². The maximum Gasteiger partial charge on any atom is 0.120 e. The summed E-state index contributed by atoms with van der Waals surface area (Å²) in [6.45, 7) is 8.71. The standard InChI is InChI=1S/C16H22N2O2/c1-16(2)13-18(8-10-20-16)7-4-9-19-15-6-3-5-14(11-15)12-17/h3,5-6,11H,4,7-10,13H2,1-2H3. The second kappa shape index (κ2) is 6.74. The lowest BCUT2D eigenvalue weighted by Gasteiger charge is -2.38. The van der Waals surface area contributed by atoms with E-state index in [4.69, 9.17) is 14.7 Å². The van der Waals surface area contributed by atoms with Crippen molar-refractivity contribution in [3.05, 3.63) is 29.8 Å². The molecule has 0 amide bonds. The smallest absolute Gasteiger partial charge is 0.120 e. The quantitative estimate of drug-likeness (QED) is 0.774. The van der Waals surface area contributed by atoms with Gasteiger partial charge in [-0.3, -0.25) is 4.90 Å². The number of nitriles is 1. The minimum absolute atomic E-state index is 0.0414. The molecule has 1 fully saturated rings. The topological polar surface area (TPSA) is 45.5 Å². The van der Waals surface area contributed by atoms with Gasteiger partial charge in [-0.15, -0.1) is 0 Å². The third kappa shape index (κ3) is 4.52. The van der Waals surface area contributed by atoms with Crippen LogP contribution in [0.2, 0.25) is 0 Å². The van der Waals surface area contributed by atoms with Crippen LogP contribution in [-0.2, 0) is 4.74 Å². The highest BCUT2D eigenvalue weighted by atomic mass is 16.5. The van der Waals surface area contributed by atoms with Gasteiger partial charge in [-0.2, -0.15) is 5.26 Å². The number of ether oxygens (including phenoxy) is 2. The van der Waals surface area contributed by atoms with E-state index in [0.717, 1.165) is 38.4 Å². The number of hydrogen-bond donors (Lipinski definition) is 0. The zero-order chi connectivity index (χ0) is 14.4. The first-order valence-corrected chi connectivity index (χ1v) is 7.08. The van der Waals surface area contributed by atoms with Crippen molar-refractivity contribution in [2.75, 3.05) is 32.8 Å². The molecule has 0 bridgehead atoms. The zero-order valence-electron chi connectivity index (χ0n) is 12.3. The molecule has 1 aromatic carbocycles. The SMILES string of the molecule is CC1(C)CN(CCCOc2cccc(C#N)c2)CCO1. The van der Waals surface area contributed by atoms with E-state index in [1.54, 1.807) is 12.1 Å². The van der Waals surface area contributed by atoms with E-state index in [-0.39, 0.29) is 5.60 Å². The molecule has 0 atom stereocenters. The van der Waals surface area contributed by atoms with Gasteiger partial charge in [0.05, 0.1) is 30.4 Å². The molecule has 0 saturated carbocycles. The fraction of sp³-hybridized carbons (Fsp3) is 0.562. The molecule has 0 unspecified atom stereocenters. The lowest BCUT2D eigenvalue weighted by molar-refractivity contribution is -0.0864. The van der Waals surface area contributed by atoms with Crippen molar-refractivity contribution in [1.29, 1.82) is 5.26 Å². The Balaban J connectivity index is 1.70. The molecule has 4 nitrogen and oxygen atoms in total. The lowest BCUT2D eigenvalue weighted by Crippen LogP contribution is -2.48. The molecule has 0 radical (unpaired) electrons. The summed E-state index contributed by atoms with van der Waals surface area (Å²) in [5.74, 6) is 0.770. The molecule has 1 aromatic rings. The van der Waals surface area contributed by atoms with Crippen LogP contribution in [0.15, 0.2) is 24.3 Å². The van der Waals surface area contributed by atoms with Crippen LogP contribution >= 0.6 is 0 Å². The molecule has 0 aromatic heterocycles. The summed E-state index contributed by atoms with van der Waals surface area (Å²) >= 11 is 0. The molecule has 4 heteroatoms. The number of morpholine rings is 1. The van der Waals surface area contributed by atoms with Crippen molar-refractivity contribution >= 4 is 0 Å². The van der Waals surface area contributed by atoms with Crippen molar-refractivity contribution in [2.45, 2.75) is 25.9 Å². The largest absolute Gasteiger partial charge is 0.494 e. The van der Waals surface area contributed by atoms with Crippen LogP contribution in [0.3, 0.4) is 0 Å².